The van der Waals surface area contributed by atoms with E-state index in [0.29, 0.717) is 23.0 Å². The lowest BCUT2D eigenvalue weighted by molar-refractivity contribution is 0.0954. The van der Waals surface area contributed by atoms with Crippen molar-refractivity contribution in [2.45, 2.75) is 45.1 Å². The number of fused-ring (bicyclic) bond motifs is 3. The number of rotatable bonds is 4. The highest BCUT2D eigenvalue weighted by Gasteiger charge is 2.15. The SMILES string of the molecule is O=C(NCCc1c[nH]c2ccccc12)c1ccc2c(=O)n3c(nc2c1)CCCCCC3. The Labute approximate surface area is 180 Å². The first-order valence-corrected chi connectivity index (χ1v) is 11.1. The molecule has 0 unspecified atom stereocenters. The molecule has 2 aromatic heterocycles. The molecule has 6 heteroatoms. The molecule has 158 valence electrons. The lowest BCUT2D eigenvalue weighted by Crippen LogP contribution is -2.28. The molecule has 6 nitrogen and oxygen atoms in total. The van der Waals surface area contributed by atoms with Crippen LogP contribution in [0, 0.1) is 0 Å². The molecule has 2 N–H and O–H groups in total. The van der Waals surface area contributed by atoms with E-state index < -0.39 is 0 Å². The lowest BCUT2D eigenvalue weighted by atomic mass is 10.1. The molecular weight excluding hydrogens is 388 g/mol. The first-order chi connectivity index (χ1) is 15.2. The summed E-state index contributed by atoms with van der Waals surface area (Å²) >= 11 is 0. The average Bonchev–Trinajstić information content (AvgIpc) is 3.18. The third kappa shape index (κ3) is 3.85. The monoisotopic (exact) mass is 414 g/mol. The van der Waals surface area contributed by atoms with Crippen LogP contribution in [0.4, 0.5) is 0 Å². The van der Waals surface area contributed by atoms with Gasteiger partial charge >= 0.3 is 0 Å². The van der Waals surface area contributed by atoms with Gasteiger partial charge in [0, 0.05) is 42.2 Å². The van der Waals surface area contributed by atoms with E-state index in [1.54, 1.807) is 18.2 Å². The van der Waals surface area contributed by atoms with Gasteiger partial charge in [0.25, 0.3) is 11.5 Å². The normalized spacial score (nSPS) is 14.2. The van der Waals surface area contributed by atoms with E-state index in [2.05, 4.69) is 16.4 Å². The zero-order valence-electron chi connectivity index (χ0n) is 17.5. The summed E-state index contributed by atoms with van der Waals surface area (Å²) in [5.41, 5.74) is 3.44. The number of nitrogens with zero attached hydrogens (tertiary/aromatic N) is 2. The summed E-state index contributed by atoms with van der Waals surface area (Å²) in [5, 5.41) is 4.76. The standard InChI is InChI=1S/C25H26N4O2/c30-24(26-13-12-18-16-27-21-8-5-4-7-19(18)21)17-10-11-20-22(15-17)28-23-9-3-1-2-6-14-29(23)25(20)31/h4-5,7-8,10-11,15-16,27H,1-3,6,9,12-14H2,(H,26,30). The minimum absolute atomic E-state index is 0.00759. The number of aromatic nitrogens is 3. The fraction of sp³-hybridized carbons (Fsp3) is 0.320. The lowest BCUT2D eigenvalue weighted by Gasteiger charge is -2.16. The van der Waals surface area contributed by atoms with Crippen LogP contribution in [-0.4, -0.2) is 27.0 Å². The van der Waals surface area contributed by atoms with Crippen LogP contribution in [0.15, 0.2) is 53.5 Å². The second kappa shape index (κ2) is 8.38. The number of nitrogens with one attached hydrogen (secondary N) is 2. The largest absolute Gasteiger partial charge is 0.361 e. The smallest absolute Gasteiger partial charge is 0.261 e. The first kappa shape index (κ1) is 19.5. The summed E-state index contributed by atoms with van der Waals surface area (Å²) in [6.07, 6.45) is 7.94. The van der Waals surface area contributed by atoms with Crippen LogP contribution in [0.25, 0.3) is 21.8 Å². The second-order valence-corrected chi connectivity index (χ2v) is 8.25. The number of hydrogen-bond acceptors (Lipinski definition) is 3. The molecule has 0 radical (unpaired) electrons. The maximum absolute atomic E-state index is 12.9. The van der Waals surface area contributed by atoms with Crippen LogP contribution in [0.3, 0.4) is 0 Å². The Morgan fingerprint density at radius 2 is 1.94 bits per heavy atom. The van der Waals surface area contributed by atoms with E-state index in [9.17, 15) is 9.59 Å². The van der Waals surface area contributed by atoms with Crippen molar-refractivity contribution in [2.75, 3.05) is 6.54 Å². The Morgan fingerprint density at radius 3 is 2.87 bits per heavy atom. The molecular formula is C25H26N4O2. The van der Waals surface area contributed by atoms with Gasteiger partial charge in [-0.25, -0.2) is 4.98 Å². The van der Waals surface area contributed by atoms with Crippen LogP contribution in [0.5, 0.6) is 0 Å². The molecule has 1 amide bonds. The van der Waals surface area contributed by atoms with Crippen LogP contribution >= 0.6 is 0 Å². The Kier molecular flexibility index (Phi) is 5.28. The average molecular weight is 415 g/mol. The van der Waals surface area contributed by atoms with Crippen molar-refractivity contribution in [1.82, 2.24) is 19.9 Å². The molecule has 31 heavy (non-hydrogen) atoms. The number of aromatic amines is 1. The van der Waals surface area contributed by atoms with Gasteiger partial charge in [-0.3, -0.25) is 14.2 Å². The van der Waals surface area contributed by atoms with Crippen LogP contribution in [0.2, 0.25) is 0 Å². The van der Waals surface area contributed by atoms with Gasteiger partial charge in [-0.1, -0.05) is 31.0 Å². The number of amides is 1. The Morgan fingerprint density at radius 1 is 1.06 bits per heavy atom. The van der Waals surface area contributed by atoms with Gasteiger partial charge in [0.05, 0.1) is 10.9 Å². The highest BCUT2D eigenvalue weighted by molar-refractivity contribution is 5.97. The Bertz CT molecular complexity index is 1320. The molecule has 4 aromatic rings. The maximum atomic E-state index is 12.9. The second-order valence-electron chi connectivity index (χ2n) is 8.25. The molecule has 1 aliphatic rings. The number of H-pyrrole nitrogens is 1. The van der Waals surface area contributed by atoms with Crippen LogP contribution < -0.4 is 10.9 Å². The maximum Gasteiger partial charge on any atom is 0.261 e. The molecule has 1 aliphatic heterocycles. The van der Waals surface area contributed by atoms with Gasteiger partial charge in [0.2, 0.25) is 0 Å². The van der Waals surface area contributed by atoms with Gasteiger partial charge in [-0.15, -0.1) is 0 Å². The molecule has 0 spiro atoms. The highest BCUT2D eigenvalue weighted by Crippen LogP contribution is 2.18. The summed E-state index contributed by atoms with van der Waals surface area (Å²) in [6.45, 7) is 1.27. The van der Waals surface area contributed by atoms with Crippen molar-refractivity contribution in [1.29, 1.82) is 0 Å². The number of benzene rings is 2. The van der Waals surface area contributed by atoms with Gasteiger partial charge in [0.15, 0.2) is 0 Å². The van der Waals surface area contributed by atoms with Crippen molar-refractivity contribution in [3.05, 3.63) is 76.0 Å². The van der Waals surface area contributed by atoms with Crippen molar-refractivity contribution in [3.8, 4) is 0 Å². The van der Waals surface area contributed by atoms with Gasteiger partial charge in [-0.2, -0.15) is 0 Å². The number of para-hydroxylation sites is 1. The zero-order valence-corrected chi connectivity index (χ0v) is 17.5. The van der Waals surface area contributed by atoms with E-state index in [-0.39, 0.29) is 11.5 Å². The highest BCUT2D eigenvalue weighted by atomic mass is 16.1. The predicted octanol–water partition coefficient (Wildman–Crippen LogP) is 3.97. The van der Waals surface area contributed by atoms with E-state index >= 15 is 0 Å². The van der Waals surface area contributed by atoms with Crippen molar-refractivity contribution in [2.24, 2.45) is 0 Å². The molecule has 0 saturated carbocycles. The molecule has 0 aliphatic carbocycles. The molecule has 3 heterocycles. The van der Waals surface area contributed by atoms with E-state index in [0.717, 1.165) is 50.0 Å². The Balaban J connectivity index is 1.34. The van der Waals surface area contributed by atoms with Crippen molar-refractivity contribution < 1.29 is 4.79 Å². The molecule has 0 fully saturated rings. The summed E-state index contributed by atoms with van der Waals surface area (Å²) in [7, 11) is 0. The minimum Gasteiger partial charge on any atom is -0.361 e. The quantitative estimate of drug-likeness (QED) is 0.530. The van der Waals surface area contributed by atoms with Gasteiger partial charge in [-0.05, 0) is 49.1 Å². The number of aryl methyl sites for hydroxylation is 1. The summed E-state index contributed by atoms with van der Waals surface area (Å²) in [6, 6.07) is 13.4. The van der Waals surface area contributed by atoms with E-state index in [4.69, 9.17) is 4.98 Å². The molecule has 0 bridgehead atoms. The fourth-order valence-corrected chi connectivity index (χ4v) is 4.49. The molecule has 2 aromatic carbocycles. The van der Waals surface area contributed by atoms with Crippen molar-refractivity contribution >= 4 is 27.7 Å². The van der Waals surface area contributed by atoms with Crippen LogP contribution in [0.1, 0.15) is 47.4 Å². The Hall–Kier alpha value is -3.41. The first-order valence-electron chi connectivity index (χ1n) is 11.1. The summed E-state index contributed by atoms with van der Waals surface area (Å²) < 4.78 is 1.82. The van der Waals surface area contributed by atoms with Gasteiger partial charge in [0.1, 0.15) is 5.82 Å². The number of carbonyl (C=O) groups is 1. The fourth-order valence-electron chi connectivity index (χ4n) is 4.49. The van der Waals surface area contributed by atoms with Gasteiger partial charge < -0.3 is 10.3 Å². The minimum atomic E-state index is -0.143. The number of carbonyl (C=O) groups excluding carboxylic acids is 1. The summed E-state index contributed by atoms with van der Waals surface area (Å²) in [5.74, 6) is 0.699. The molecule has 5 rings (SSSR count). The van der Waals surface area contributed by atoms with Crippen LogP contribution in [-0.2, 0) is 19.4 Å². The molecule has 0 atom stereocenters. The van der Waals surface area contributed by atoms with E-state index in [1.165, 1.54) is 17.4 Å². The van der Waals surface area contributed by atoms with E-state index in [1.807, 2.05) is 29.0 Å². The predicted molar refractivity (Wildman–Crippen MR) is 123 cm³/mol. The summed E-state index contributed by atoms with van der Waals surface area (Å²) in [4.78, 5) is 33.7. The topological polar surface area (TPSA) is 79.8 Å². The third-order valence-electron chi connectivity index (χ3n) is 6.18. The third-order valence-corrected chi connectivity index (χ3v) is 6.18. The molecule has 0 saturated heterocycles. The zero-order chi connectivity index (χ0) is 21.2. The van der Waals surface area contributed by atoms with Crippen molar-refractivity contribution in [3.63, 3.8) is 0 Å². The number of hydrogen-bond donors (Lipinski definition) is 2.